The van der Waals surface area contributed by atoms with Gasteiger partial charge >= 0.3 is 0 Å². The summed E-state index contributed by atoms with van der Waals surface area (Å²) >= 11 is 0. The van der Waals surface area contributed by atoms with Crippen molar-refractivity contribution in [3.63, 3.8) is 0 Å². The fourth-order valence-electron chi connectivity index (χ4n) is 3.85. The van der Waals surface area contributed by atoms with Crippen molar-refractivity contribution < 1.29 is 14.4 Å². The summed E-state index contributed by atoms with van der Waals surface area (Å²) in [5.74, 6) is -0.501. The summed E-state index contributed by atoms with van der Waals surface area (Å²) < 4.78 is 0. The molecule has 0 spiro atoms. The van der Waals surface area contributed by atoms with Gasteiger partial charge < -0.3 is 4.98 Å². The highest BCUT2D eigenvalue weighted by molar-refractivity contribution is 6.34. The van der Waals surface area contributed by atoms with E-state index in [4.69, 9.17) is 0 Å². The molecule has 2 aromatic carbocycles. The number of amides is 2. The molecule has 5 heteroatoms. The lowest BCUT2D eigenvalue weighted by Crippen LogP contribution is -2.29. The zero-order valence-electron chi connectivity index (χ0n) is 13.3. The van der Waals surface area contributed by atoms with Crippen molar-refractivity contribution in [2.24, 2.45) is 0 Å². The second kappa shape index (κ2) is 4.89. The molecule has 5 rings (SSSR count). The van der Waals surface area contributed by atoms with Gasteiger partial charge in [-0.15, -0.1) is 0 Å². The molecule has 1 aromatic heterocycles. The van der Waals surface area contributed by atoms with E-state index in [-0.39, 0.29) is 17.6 Å². The number of ketones is 1. The predicted octanol–water partition coefficient (Wildman–Crippen LogP) is 3.49. The largest absolute Gasteiger partial charge is 0.352 e. The van der Waals surface area contributed by atoms with Crippen LogP contribution in [-0.2, 0) is 6.42 Å². The summed E-state index contributed by atoms with van der Waals surface area (Å²) in [5.41, 5.74) is 3.86. The van der Waals surface area contributed by atoms with Crippen molar-refractivity contribution in [3.05, 3.63) is 64.8 Å². The Morgan fingerprint density at radius 3 is 2.32 bits per heavy atom. The van der Waals surface area contributed by atoms with E-state index >= 15 is 0 Å². The number of Topliss-reactive ketones (excluding diaryl/α,β-unsaturated/α-hetero) is 1. The van der Waals surface area contributed by atoms with E-state index in [9.17, 15) is 14.4 Å². The van der Waals surface area contributed by atoms with Gasteiger partial charge in [0, 0.05) is 17.3 Å². The molecule has 25 heavy (non-hydrogen) atoms. The Bertz CT molecular complexity index is 1060. The van der Waals surface area contributed by atoms with Gasteiger partial charge in [-0.2, -0.15) is 0 Å². The molecule has 5 nitrogen and oxygen atoms in total. The number of carbonyl (C=O) groups excluding carboxylic acids is 3. The highest BCUT2D eigenvalue weighted by Gasteiger charge is 2.36. The zero-order chi connectivity index (χ0) is 17.1. The summed E-state index contributed by atoms with van der Waals surface area (Å²) in [4.78, 5) is 41.7. The number of H-pyrrole nitrogens is 1. The molecule has 0 saturated carbocycles. The summed E-state index contributed by atoms with van der Waals surface area (Å²) in [6.07, 6.45) is 2.29. The first-order valence-electron chi connectivity index (χ1n) is 8.31. The van der Waals surface area contributed by atoms with Gasteiger partial charge in [0.15, 0.2) is 5.78 Å². The number of aromatic amines is 1. The number of benzene rings is 2. The Kier molecular flexibility index (Phi) is 2.77. The number of imide groups is 1. The standard InChI is InChI=1S/C20H14N2O3/c23-17-7-3-6-13-12-9-8-11(10-16(12)21-18(13)17)22-19(24)14-4-1-2-5-15(14)20(22)25/h1-2,4-5,8-10,21H,3,6-7H2. The maximum absolute atomic E-state index is 12.6. The second-order valence-corrected chi connectivity index (χ2v) is 6.48. The summed E-state index contributed by atoms with van der Waals surface area (Å²) in [7, 11) is 0. The van der Waals surface area contributed by atoms with Gasteiger partial charge in [-0.1, -0.05) is 18.2 Å². The molecule has 0 atom stereocenters. The molecule has 3 aromatic rings. The van der Waals surface area contributed by atoms with Crippen LogP contribution >= 0.6 is 0 Å². The monoisotopic (exact) mass is 330 g/mol. The number of nitrogens with one attached hydrogen (secondary N) is 1. The molecule has 2 aliphatic rings. The number of hydrogen-bond acceptors (Lipinski definition) is 3. The first kappa shape index (κ1) is 14.2. The Morgan fingerprint density at radius 2 is 1.60 bits per heavy atom. The number of hydrogen-bond donors (Lipinski definition) is 1. The smallest absolute Gasteiger partial charge is 0.266 e. The minimum Gasteiger partial charge on any atom is -0.352 e. The van der Waals surface area contributed by atoms with Crippen LogP contribution in [-0.4, -0.2) is 22.6 Å². The maximum Gasteiger partial charge on any atom is 0.266 e. The van der Waals surface area contributed by atoms with Gasteiger partial charge in [0.05, 0.1) is 22.5 Å². The number of fused-ring (bicyclic) bond motifs is 4. The summed E-state index contributed by atoms with van der Waals surface area (Å²) in [6.45, 7) is 0. The number of anilines is 1. The quantitative estimate of drug-likeness (QED) is 0.694. The van der Waals surface area contributed by atoms with E-state index in [0.29, 0.717) is 28.9 Å². The molecule has 1 aliphatic heterocycles. The summed E-state index contributed by atoms with van der Waals surface area (Å²) in [5, 5.41) is 0.989. The van der Waals surface area contributed by atoms with Crippen molar-refractivity contribution in [1.29, 1.82) is 0 Å². The third kappa shape index (κ3) is 1.86. The van der Waals surface area contributed by atoms with Gasteiger partial charge in [0.2, 0.25) is 0 Å². The highest BCUT2D eigenvalue weighted by atomic mass is 16.2. The lowest BCUT2D eigenvalue weighted by Gasteiger charge is -2.14. The van der Waals surface area contributed by atoms with Crippen LogP contribution < -0.4 is 4.90 Å². The third-order valence-corrected chi connectivity index (χ3v) is 5.05. The van der Waals surface area contributed by atoms with E-state index < -0.39 is 0 Å². The van der Waals surface area contributed by atoms with Crippen LogP contribution in [0.1, 0.15) is 49.6 Å². The van der Waals surface area contributed by atoms with Crippen molar-refractivity contribution in [1.82, 2.24) is 4.98 Å². The first-order valence-corrected chi connectivity index (χ1v) is 8.31. The number of carbonyl (C=O) groups is 3. The Labute approximate surface area is 143 Å². The maximum atomic E-state index is 12.6. The molecular formula is C20H14N2O3. The van der Waals surface area contributed by atoms with Crippen LogP contribution in [0.25, 0.3) is 10.9 Å². The predicted molar refractivity (Wildman–Crippen MR) is 93.1 cm³/mol. The normalized spacial score (nSPS) is 16.5. The fourth-order valence-corrected chi connectivity index (χ4v) is 3.85. The van der Waals surface area contributed by atoms with Crippen LogP contribution in [0.5, 0.6) is 0 Å². The van der Waals surface area contributed by atoms with Gasteiger partial charge in [0.1, 0.15) is 0 Å². The Morgan fingerprint density at radius 1 is 0.880 bits per heavy atom. The topological polar surface area (TPSA) is 70.2 Å². The molecule has 2 heterocycles. The van der Waals surface area contributed by atoms with Crippen LogP contribution in [0.4, 0.5) is 5.69 Å². The first-order chi connectivity index (χ1) is 12.1. The number of aromatic nitrogens is 1. The molecule has 0 fully saturated rings. The minimum absolute atomic E-state index is 0.125. The van der Waals surface area contributed by atoms with E-state index in [2.05, 4.69) is 4.98 Å². The second-order valence-electron chi connectivity index (χ2n) is 6.48. The molecular weight excluding hydrogens is 316 g/mol. The van der Waals surface area contributed by atoms with Gasteiger partial charge in [-0.3, -0.25) is 14.4 Å². The SMILES string of the molecule is O=C1CCCc2c1[nH]c1cc(N3C(=O)c4ccccc4C3=O)ccc21. The van der Waals surface area contributed by atoms with Crippen molar-refractivity contribution in [2.75, 3.05) is 4.90 Å². The van der Waals surface area contributed by atoms with E-state index in [0.717, 1.165) is 29.3 Å². The molecule has 0 radical (unpaired) electrons. The van der Waals surface area contributed by atoms with Crippen LogP contribution in [0.2, 0.25) is 0 Å². The van der Waals surface area contributed by atoms with Crippen LogP contribution in [0.15, 0.2) is 42.5 Å². The molecule has 2 amide bonds. The van der Waals surface area contributed by atoms with Gasteiger partial charge in [-0.25, -0.2) is 4.90 Å². The molecule has 0 saturated heterocycles. The molecule has 0 unspecified atom stereocenters. The van der Waals surface area contributed by atoms with Crippen molar-refractivity contribution in [3.8, 4) is 0 Å². The van der Waals surface area contributed by atoms with Crippen LogP contribution in [0, 0.1) is 0 Å². The Hall–Kier alpha value is -3.21. The lowest BCUT2D eigenvalue weighted by molar-refractivity contribution is 0.0923. The Balaban J connectivity index is 1.64. The van der Waals surface area contributed by atoms with Crippen molar-refractivity contribution >= 4 is 34.2 Å². The van der Waals surface area contributed by atoms with Crippen molar-refractivity contribution in [2.45, 2.75) is 19.3 Å². The minimum atomic E-state index is -0.313. The third-order valence-electron chi connectivity index (χ3n) is 5.05. The van der Waals surface area contributed by atoms with Crippen LogP contribution in [0.3, 0.4) is 0 Å². The molecule has 1 N–H and O–H groups in total. The molecule has 122 valence electrons. The number of aryl methyl sites for hydroxylation is 1. The lowest BCUT2D eigenvalue weighted by atomic mass is 9.95. The summed E-state index contributed by atoms with van der Waals surface area (Å²) in [6, 6.07) is 12.3. The van der Waals surface area contributed by atoms with E-state index in [1.165, 1.54) is 4.90 Å². The number of rotatable bonds is 1. The van der Waals surface area contributed by atoms with Gasteiger partial charge in [-0.05, 0) is 42.7 Å². The van der Waals surface area contributed by atoms with Gasteiger partial charge in [0.25, 0.3) is 11.8 Å². The highest BCUT2D eigenvalue weighted by Crippen LogP contribution is 2.34. The number of nitrogens with zero attached hydrogens (tertiary/aromatic N) is 1. The zero-order valence-corrected chi connectivity index (χ0v) is 13.3. The average molecular weight is 330 g/mol. The fraction of sp³-hybridized carbons (Fsp3) is 0.150. The van der Waals surface area contributed by atoms with E-state index in [1.54, 1.807) is 36.4 Å². The average Bonchev–Trinajstić information content (AvgIpc) is 3.12. The molecule has 0 bridgehead atoms. The van der Waals surface area contributed by atoms with E-state index in [1.807, 2.05) is 6.07 Å². The molecule has 1 aliphatic carbocycles.